The first kappa shape index (κ1) is 12.6. The van der Waals surface area contributed by atoms with Gasteiger partial charge in [0.15, 0.2) is 0 Å². The van der Waals surface area contributed by atoms with Gasteiger partial charge in [-0.3, -0.25) is 9.59 Å². The summed E-state index contributed by atoms with van der Waals surface area (Å²) in [4.78, 5) is 26.8. The second-order valence-electron chi connectivity index (χ2n) is 4.01. The Labute approximate surface area is 109 Å². The number of nitrogens with zero attached hydrogens (tertiary/aromatic N) is 3. The average Bonchev–Trinajstić information content (AvgIpc) is 2.73. The molecular formula is C13H12N4O2. The van der Waals surface area contributed by atoms with Crippen LogP contribution in [0.3, 0.4) is 0 Å². The Balaban J connectivity index is 2.45. The van der Waals surface area contributed by atoms with Crippen molar-refractivity contribution in [2.75, 3.05) is 0 Å². The molecule has 0 radical (unpaired) electrons. The maximum absolute atomic E-state index is 11.8. The summed E-state index contributed by atoms with van der Waals surface area (Å²) < 4.78 is 2.95. The molecular weight excluding hydrogens is 244 g/mol. The Hall–Kier alpha value is -2.81. The van der Waals surface area contributed by atoms with Crippen LogP contribution in [0.5, 0.6) is 0 Å². The summed E-state index contributed by atoms with van der Waals surface area (Å²) in [6.07, 6.45) is 8.46. The van der Waals surface area contributed by atoms with Crippen LogP contribution in [0, 0.1) is 19.3 Å². The Kier molecular flexibility index (Phi) is 3.21. The zero-order chi connectivity index (χ0) is 14.0. The first-order chi connectivity index (χ1) is 9.01. The van der Waals surface area contributed by atoms with Crippen molar-refractivity contribution in [2.45, 2.75) is 13.5 Å². The molecule has 2 aromatic heterocycles. The molecule has 2 rings (SSSR count). The van der Waals surface area contributed by atoms with Gasteiger partial charge in [-0.2, -0.15) is 0 Å². The molecule has 2 aromatic rings. The van der Waals surface area contributed by atoms with Gasteiger partial charge in [-0.1, -0.05) is 0 Å². The number of terminal acetylenes is 1. The van der Waals surface area contributed by atoms with Crippen molar-refractivity contribution in [1.29, 1.82) is 0 Å². The van der Waals surface area contributed by atoms with E-state index in [1.165, 1.54) is 16.8 Å². The van der Waals surface area contributed by atoms with Crippen LogP contribution >= 0.6 is 0 Å². The van der Waals surface area contributed by atoms with Crippen LogP contribution in [0.15, 0.2) is 29.3 Å². The third kappa shape index (κ3) is 2.55. The lowest BCUT2D eigenvalue weighted by molar-refractivity contribution is -0.118. The number of primary amides is 1. The standard InChI is InChI=1S/C13H12N4O2/c1-3-10-7-17(9(2)15-10)11-4-5-16(8-12(14)18)13(19)6-11/h1,4-7H,8H2,2H3,(H2,14,18). The smallest absolute Gasteiger partial charge is 0.253 e. The SMILES string of the molecule is C#Cc1cn(-c2ccn(CC(N)=O)c(=O)c2)c(C)n1. The zero-order valence-electron chi connectivity index (χ0n) is 10.3. The summed E-state index contributed by atoms with van der Waals surface area (Å²) in [5.74, 6) is 2.55. The molecule has 0 saturated carbocycles. The van der Waals surface area contributed by atoms with Crippen LogP contribution in [-0.4, -0.2) is 20.0 Å². The lowest BCUT2D eigenvalue weighted by Gasteiger charge is -2.07. The molecule has 2 N–H and O–H groups in total. The molecule has 0 fully saturated rings. The molecule has 0 aliphatic heterocycles. The fourth-order valence-corrected chi connectivity index (χ4v) is 1.75. The Morgan fingerprint density at radius 1 is 1.58 bits per heavy atom. The van der Waals surface area contributed by atoms with E-state index in [4.69, 9.17) is 12.2 Å². The monoisotopic (exact) mass is 256 g/mol. The molecule has 96 valence electrons. The van der Waals surface area contributed by atoms with Gasteiger partial charge in [-0.15, -0.1) is 6.42 Å². The van der Waals surface area contributed by atoms with E-state index in [9.17, 15) is 9.59 Å². The fraction of sp³-hybridized carbons (Fsp3) is 0.154. The Morgan fingerprint density at radius 3 is 2.84 bits per heavy atom. The summed E-state index contributed by atoms with van der Waals surface area (Å²) >= 11 is 0. The summed E-state index contributed by atoms with van der Waals surface area (Å²) in [5, 5.41) is 0. The lowest BCUT2D eigenvalue weighted by Crippen LogP contribution is -2.27. The van der Waals surface area contributed by atoms with E-state index in [0.29, 0.717) is 17.2 Å². The molecule has 0 aromatic carbocycles. The molecule has 0 aliphatic carbocycles. The van der Waals surface area contributed by atoms with E-state index in [0.717, 1.165) is 0 Å². The summed E-state index contributed by atoms with van der Waals surface area (Å²) in [5.41, 5.74) is 5.87. The molecule has 19 heavy (non-hydrogen) atoms. The van der Waals surface area contributed by atoms with Crippen molar-refractivity contribution >= 4 is 5.91 Å². The molecule has 6 heteroatoms. The number of carbonyl (C=O) groups is 1. The van der Waals surface area contributed by atoms with Gasteiger partial charge < -0.3 is 14.9 Å². The van der Waals surface area contributed by atoms with Gasteiger partial charge in [0.25, 0.3) is 5.56 Å². The number of hydrogen-bond donors (Lipinski definition) is 1. The second kappa shape index (κ2) is 4.82. The van der Waals surface area contributed by atoms with Crippen molar-refractivity contribution in [2.24, 2.45) is 5.73 Å². The van der Waals surface area contributed by atoms with E-state index in [2.05, 4.69) is 10.9 Å². The van der Waals surface area contributed by atoms with Crippen molar-refractivity contribution in [3.05, 3.63) is 46.4 Å². The highest BCUT2D eigenvalue weighted by molar-refractivity contribution is 5.73. The minimum absolute atomic E-state index is 0.141. The number of nitrogens with two attached hydrogens (primary N) is 1. The predicted octanol–water partition coefficient (Wildman–Crippen LogP) is -0.191. The summed E-state index contributed by atoms with van der Waals surface area (Å²) in [6, 6.07) is 3.09. The van der Waals surface area contributed by atoms with Gasteiger partial charge in [0, 0.05) is 18.5 Å². The van der Waals surface area contributed by atoms with E-state index >= 15 is 0 Å². The number of carbonyl (C=O) groups excluding carboxylic acids is 1. The largest absolute Gasteiger partial charge is 0.368 e. The number of aromatic nitrogens is 3. The zero-order valence-corrected chi connectivity index (χ0v) is 10.3. The molecule has 2 heterocycles. The number of pyridine rings is 1. The van der Waals surface area contributed by atoms with Gasteiger partial charge in [0.2, 0.25) is 5.91 Å². The fourth-order valence-electron chi connectivity index (χ4n) is 1.75. The lowest BCUT2D eigenvalue weighted by atomic mass is 10.3. The van der Waals surface area contributed by atoms with Crippen LogP contribution in [-0.2, 0) is 11.3 Å². The van der Waals surface area contributed by atoms with Crippen LogP contribution in [0.25, 0.3) is 5.69 Å². The Bertz CT molecular complexity index is 734. The van der Waals surface area contributed by atoms with Crippen LogP contribution in [0.4, 0.5) is 0 Å². The van der Waals surface area contributed by atoms with Gasteiger partial charge in [-0.25, -0.2) is 4.98 Å². The number of amides is 1. The van der Waals surface area contributed by atoms with Crippen molar-refractivity contribution in [1.82, 2.24) is 14.1 Å². The number of rotatable bonds is 3. The topological polar surface area (TPSA) is 82.9 Å². The normalized spacial score (nSPS) is 10.1. The summed E-state index contributed by atoms with van der Waals surface area (Å²) in [7, 11) is 0. The highest BCUT2D eigenvalue weighted by Crippen LogP contribution is 2.09. The van der Waals surface area contributed by atoms with Crippen LogP contribution in [0.1, 0.15) is 11.5 Å². The van der Waals surface area contributed by atoms with Gasteiger partial charge in [0.1, 0.15) is 18.1 Å². The quantitative estimate of drug-likeness (QED) is 0.772. The Morgan fingerprint density at radius 2 is 2.32 bits per heavy atom. The highest BCUT2D eigenvalue weighted by Gasteiger charge is 2.07. The van der Waals surface area contributed by atoms with Crippen molar-refractivity contribution in [3.8, 4) is 18.0 Å². The predicted molar refractivity (Wildman–Crippen MR) is 69.7 cm³/mol. The van der Waals surface area contributed by atoms with E-state index in [1.807, 2.05) is 0 Å². The average molecular weight is 256 g/mol. The highest BCUT2D eigenvalue weighted by atomic mass is 16.2. The van der Waals surface area contributed by atoms with E-state index in [-0.39, 0.29) is 12.1 Å². The summed E-state index contributed by atoms with van der Waals surface area (Å²) in [6.45, 7) is 1.65. The first-order valence-electron chi connectivity index (χ1n) is 5.53. The number of aryl methyl sites for hydroxylation is 1. The number of hydrogen-bond acceptors (Lipinski definition) is 3. The molecule has 1 amide bonds. The van der Waals surface area contributed by atoms with Crippen LogP contribution in [0.2, 0.25) is 0 Å². The van der Waals surface area contributed by atoms with E-state index < -0.39 is 5.91 Å². The van der Waals surface area contributed by atoms with Crippen LogP contribution < -0.4 is 11.3 Å². The third-order valence-corrected chi connectivity index (χ3v) is 2.61. The first-order valence-corrected chi connectivity index (χ1v) is 5.53. The molecule has 0 spiro atoms. The maximum Gasteiger partial charge on any atom is 0.253 e. The minimum Gasteiger partial charge on any atom is -0.368 e. The molecule has 0 aliphatic rings. The third-order valence-electron chi connectivity index (χ3n) is 2.61. The number of imidazole rings is 1. The minimum atomic E-state index is -0.566. The van der Waals surface area contributed by atoms with Gasteiger partial charge >= 0.3 is 0 Å². The maximum atomic E-state index is 11.8. The van der Waals surface area contributed by atoms with E-state index in [1.54, 1.807) is 23.8 Å². The molecule has 6 nitrogen and oxygen atoms in total. The molecule has 0 saturated heterocycles. The van der Waals surface area contributed by atoms with Crippen molar-refractivity contribution < 1.29 is 4.79 Å². The van der Waals surface area contributed by atoms with Gasteiger partial charge in [-0.05, 0) is 18.9 Å². The van der Waals surface area contributed by atoms with Crippen molar-refractivity contribution in [3.63, 3.8) is 0 Å². The second-order valence-corrected chi connectivity index (χ2v) is 4.01. The molecule has 0 bridgehead atoms. The van der Waals surface area contributed by atoms with Gasteiger partial charge in [0.05, 0.1) is 5.69 Å². The molecule has 0 atom stereocenters. The molecule has 0 unspecified atom stereocenters.